The van der Waals surface area contributed by atoms with Crippen LogP contribution in [-0.2, 0) is 11.3 Å². The van der Waals surface area contributed by atoms with E-state index in [2.05, 4.69) is 19.9 Å². The molecule has 84 valence electrons. The fourth-order valence-corrected chi connectivity index (χ4v) is 2.06. The molecule has 6 nitrogen and oxygen atoms in total. The van der Waals surface area contributed by atoms with Gasteiger partial charge < -0.3 is 15.4 Å². The van der Waals surface area contributed by atoms with Gasteiger partial charge in [0.15, 0.2) is 0 Å². The molecular formula is C10H13N5O. The van der Waals surface area contributed by atoms with Gasteiger partial charge >= 0.3 is 0 Å². The molecule has 0 aliphatic carbocycles. The Labute approximate surface area is 93.2 Å². The van der Waals surface area contributed by atoms with E-state index in [1.165, 1.54) is 6.33 Å². The predicted molar refractivity (Wildman–Crippen MR) is 59.1 cm³/mol. The Kier molecular flexibility index (Phi) is 2.21. The topological polar surface area (TPSA) is 76.6 Å². The molecular weight excluding hydrogens is 206 g/mol. The maximum atomic E-state index is 5.88. The summed E-state index contributed by atoms with van der Waals surface area (Å²) < 4.78 is 5.32. The highest BCUT2D eigenvalue weighted by Gasteiger charge is 2.26. The third-order valence-corrected chi connectivity index (χ3v) is 2.87. The summed E-state index contributed by atoms with van der Waals surface area (Å²) in [5.74, 6) is 1.45. The van der Waals surface area contributed by atoms with Gasteiger partial charge in [-0.25, -0.2) is 9.97 Å². The van der Waals surface area contributed by atoms with Crippen LogP contribution in [0.4, 0.5) is 5.82 Å². The zero-order valence-electron chi connectivity index (χ0n) is 8.89. The summed E-state index contributed by atoms with van der Waals surface area (Å²) in [5, 5.41) is 0. The molecule has 1 aromatic rings. The smallest absolute Gasteiger partial charge is 0.138 e. The molecule has 0 atom stereocenters. The average molecular weight is 219 g/mol. The summed E-state index contributed by atoms with van der Waals surface area (Å²) in [6.45, 7) is 3.79. The lowest BCUT2D eigenvalue weighted by molar-refractivity contribution is 0.0683. The van der Waals surface area contributed by atoms with Gasteiger partial charge in [0.1, 0.15) is 18.0 Å². The molecule has 0 spiro atoms. The van der Waals surface area contributed by atoms with Gasteiger partial charge in [-0.05, 0) is 0 Å². The SMILES string of the molecule is Nc1ncnc2c1C(N1CCOCC1)=NC2. The highest BCUT2D eigenvalue weighted by atomic mass is 16.5. The minimum Gasteiger partial charge on any atom is -0.383 e. The van der Waals surface area contributed by atoms with Crippen LogP contribution in [0.5, 0.6) is 0 Å². The Hall–Kier alpha value is -1.69. The van der Waals surface area contributed by atoms with E-state index < -0.39 is 0 Å². The van der Waals surface area contributed by atoms with Crippen LogP contribution in [0.3, 0.4) is 0 Å². The van der Waals surface area contributed by atoms with E-state index in [1.807, 2.05) is 0 Å². The second-order valence-electron chi connectivity index (χ2n) is 3.82. The van der Waals surface area contributed by atoms with Crippen LogP contribution in [-0.4, -0.2) is 47.0 Å². The van der Waals surface area contributed by atoms with Crippen molar-refractivity contribution in [1.82, 2.24) is 14.9 Å². The summed E-state index contributed by atoms with van der Waals surface area (Å²) in [5.41, 5.74) is 7.71. The van der Waals surface area contributed by atoms with Crippen LogP contribution in [0.1, 0.15) is 11.3 Å². The van der Waals surface area contributed by atoms with Crippen LogP contribution >= 0.6 is 0 Å². The second kappa shape index (κ2) is 3.71. The molecule has 0 amide bonds. The molecule has 0 aromatic carbocycles. The summed E-state index contributed by atoms with van der Waals surface area (Å²) in [6.07, 6.45) is 1.49. The lowest BCUT2D eigenvalue weighted by Gasteiger charge is -2.28. The zero-order chi connectivity index (χ0) is 11.0. The molecule has 1 aromatic heterocycles. The van der Waals surface area contributed by atoms with E-state index in [9.17, 15) is 0 Å². The van der Waals surface area contributed by atoms with E-state index in [0.29, 0.717) is 12.4 Å². The number of nitrogens with two attached hydrogens (primary N) is 1. The lowest BCUT2D eigenvalue weighted by atomic mass is 10.2. The number of nitrogen functional groups attached to an aromatic ring is 1. The van der Waals surface area contributed by atoms with Gasteiger partial charge in [0.2, 0.25) is 0 Å². The van der Waals surface area contributed by atoms with E-state index >= 15 is 0 Å². The number of amidine groups is 1. The highest BCUT2D eigenvalue weighted by molar-refractivity contribution is 6.05. The first-order chi connectivity index (χ1) is 7.86. The van der Waals surface area contributed by atoms with Crippen LogP contribution in [0.15, 0.2) is 11.3 Å². The zero-order valence-corrected chi connectivity index (χ0v) is 8.89. The number of aromatic nitrogens is 2. The van der Waals surface area contributed by atoms with Crippen LogP contribution in [0.2, 0.25) is 0 Å². The number of nitrogens with zero attached hydrogens (tertiary/aromatic N) is 4. The fourth-order valence-electron chi connectivity index (χ4n) is 2.06. The van der Waals surface area contributed by atoms with Crippen LogP contribution in [0, 0.1) is 0 Å². The van der Waals surface area contributed by atoms with Crippen molar-refractivity contribution in [2.45, 2.75) is 6.54 Å². The molecule has 3 heterocycles. The maximum absolute atomic E-state index is 5.88. The molecule has 3 rings (SSSR count). The second-order valence-corrected chi connectivity index (χ2v) is 3.82. The molecule has 16 heavy (non-hydrogen) atoms. The van der Waals surface area contributed by atoms with Crippen molar-refractivity contribution >= 4 is 11.7 Å². The molecule has 2 aliphatic heterocycles. The molecule has 0 saturated carbocycles. The molecule has 0 radical (unpaired) electrons. The minimum absolute atomic E-state index is 0.521. The Morgan fingerprint density at radius 3 is 2.88 bits per heavy atom. The van der Waals surface area contributed by atoms with Crippen molar-refractivity contribution in [1.29, 1.82) is 0 Å². The number of anilines is 1. The standard InChI is InChI=1S/C10H13N5O/c11-9-8-7(13-6-14-9)5-12-10(8)15-1-3-16-4-2-15/h6H,1-5H2,(H2,11,13,14). The largest absolute Gasteiger partial charge is 0.383 e. The first-order valence-corrected chi connectivity index (χ1v) is 5.33. The first-order valence-electron chi connectivity index (χ1n) is 5.33. The number of ether oxygens (including phenoxy) is 1. The van der Waals surface area contributed by atoms with Gasteiger partial charge in [0.25, 0.3) is 0 Å². The number of fused-ring (bicyclic) bond motifs is 1. The summed E-state index contributed by atoms with van der Waals surface area (Å²) in [7, 11) is 0. The van der Waals surface area contributed by atoms with Gasteiger partial charge in [0.05, 0.1) is 31.0 Å². The molecule has 0 bridgehead atoms. The molecule has 1 saturated heterocycles. The van der Waals surface area contributed by atoms with E-state index in [4.69, 9.17) is 10.5 Å². The minimum atomic E-state index is 0.521. The molecule has 2 aliphatic rings. The third kappa shape index (κ3) is 1.42. The lowest BCUT2D eigenvalue weighted by Crippen LogP contribution is -2.41. The maximum Gasteiger partial charge on any atom is 0.138 e. The van der Waals surface area contributed by atoms with Gasteiger partial charge in [-0.2, -0.15) is 0 Å². The Balaban J connectivity index is 1.95. The van der Waals surface area contributed by atoms with Crippen LogP contribution < -0.4 is 5.73 Å². The normalized spacial score (nSPS) is 19.5. The first kappa shape index (κ1) is 9.53. The highest BCUT2D eigenvalue weighted by Crippen LogP contribution is 2.23. The number of aliphatic imine (C=N–C) groups is 1. The van der Waals surface area contributed by atoms with E-state index in [1.54, 1.807) is 0 Å². The number of hydrogen-bond donors (Lipinski definition) is 1. The summed E-state index contributed by atoms with van der Waals surface area (Å²) in [4.78, 5) is 14.9. The van der Waals surface area contributed by atoms with Crippen molar-refractivity contribution in [2.24, 2.45) is 4.99 Å². The molecule has 2 N–H and O–H groups in total. The Morgan fingerprint density at radius 2 is 2.06 bits per heavy atom. The van der Waals surface area contributed by atoms with Crippen molar-refractivity contribution in [3.8, 4) is 0 Å². The summed E-state index contributed by atoms with van der Waals surface area (Å²) in [6, 6.07) is 0. The number of morpholine rings is 1. The van der Waals surface area contributed by atoms with Gasteiger partial charge in [0, 0.05) is 13.1 Å². The van der Waals surface area contributed by atoms with Gasteiger partial charge in [-0.15, -0.1) is 0 Å². The van der Waals surface area contributed by atoms with Crippen LogP contribution in [0.25, 0.3) is 0 Å². The van der Waals surface area contributed by atoms with Crippen molar-refractivity contribution < 1.29 is 4.74 Å². The monoisotopic (exact) mass is 219 g/mol. The summed E-state index contributed by atoms with van der Waals surface area (Å²) >= 11 is 0. The number of hydrogen-bond acceptors (Lipinski definition) is 6. The number of rotatable bonds is 0. The third-order valence-electron chi connectivity index (χ3n) is 2.87. The quantitative estimate of drug-likeness (QED) is 0.645. The molecule has 6 heteroatoms. The Morgan fingerprint density at radius 1 is 1.25 bits per heavy atom. The van der Waals surface area contributed by atoms with Gasteiger partial charge in [-0.3, -0.25) is 4.99 Å². The molecule has 1 fully saturated rings. The van der Waals surface area contributed by atoms with Crippen molar-refractivity contribution in [2.75, 3.05) is 32.0 Å². The van der Waals surface area contributed by atoms with Crippen molar-refractivity contribution in [3.63, 3.8) is 0 Å². The Bertz CT molecular complexity index is 439. The van der Waals surface area contributed by atoms with Crippen molar-refractivity contribution in [3.05, 3.63) is 17.6 Å². The predicted octanol–water partition coefficient (Wildman–Crippen LogP) is -0.349. The van der Waals surface area contributed by atoms with E-state index in [0.717, 1.165) is 43.4 Å². The fraction of sp³-hybridized carbons (Fsp3) is 0.500. The van der Waals surface area contributed by atoms with E-state index in [-0.39, 0.29) is 0 Å². The average Bonchev–Trinajstić information content (AvgIpc) is 2.75. The molecule has 0 unspecified atom stereocenters. The van der Waals surface area contributed by atoms with Gasteiger partial charge in [-0.1, -0.05) is 0 Å².